The van der Waals surface area contributed by atoms with E-state index in [1.807, 2.05) is 13.8 Å². The lowest BCUT2D eigenvalue weighted by Crippen LogP contribution is -2.11. The topological polar surface area (TPSA) is 43.1 Å². The maximum Gasteiger partial charge on any atom is 0.673 e. The van der Waals surface area contributed by atoms with Crippen LogP contribution >= 0.6 is 0 Å². The predicted octanol–water partition coefficient (Wildman–Crippen LogP) is 2.21. The zero-order valence-corrected chi connectivity index (χ0v) is 7.57. The van der Waals surface area contributed by atoms with Crippen molar-refractivity contribution in [1.29, 1.82) is 0 Å². The van der Waals surface area contributed by atoms with Gasteiger partial charge in [-0.25, -0.2) is 0 Å². The van der Waals surface area contributed by atoms with Gasteiger partial charge in [-0.2, -0.15) is 0 Å². The molecule has 80 valence electrons. The Balaban J connectivity index is 0. The van der Waals surface area contributed by atoms with E-state index in [1.165, 1.54) is 0 Å². The Kier molecular flexibility index (Phi) is 7.65. The fourth-order valence-corrected chi connectivity index (χ4v) is 0.368. The summed E-state index contributed by atoms with van der Waals surface area (Å²) in [6.45, 7) is 4.00. The van der Waals surface area contributed by atoms with Crippen LogP contribution in [0.5, 0.6) is 0 Å². The minimum absolute atomic E-state index is 0.130. The molecule has 0 saturated heterocycles. The number of hydrogen-bond donors (Lipinski definition) is 1. The van der Waals surface area contributed by atoms with Gasteiger partial charge in [0.1, 0.15) is 0 Å². The zero-order chi connectivity index (χ0) is 11.1. The van der Waals surface area contributed by atoms with Crippen molar-refractivity contribution in [3.63, 3.8) is 0 Å². The molecular formula is C6H13BF4NO-. The van der Waals surface area contributed by atoms with Gasteiger partial charge in [-0.05, 0) is 12.8 Å². The minimum Gasteiger partial charge on any atom is -0.418 e. The average Bonchev–Trinajstić information content (AvgIpc) is 2.68. The molecule has 0 bridgehead atoms. The maximum absolute atomic E-state index is 9.98. The molecule has 0 heterocycles. The van der Waals surface area contributed by atoms with Gasteiger partial charge < -0.3 is 23.0 Å². The highest BCUT2D eigenvalue weighted by atomic mass is 19.5. The molecule has 2 N–H and O–H groups in total. The van der Waals surface area contributed by atoms with E-state index in [1.54, 1.807) is 0 Å². The molecule has 1 aliphatic rings. The number of amides is 1. The second kappa shape index (κ2) is 6.74. The fourth-order valence-electron chi connectivity index (χ4n) is 0.368. The quantitative estimate of drug-likeness (QED) is 0.514. The van der Waals surface area contributed by atoms with Crippen molar-refractivity contribution in [2.75, 3.05) is 0 Å². The molecule has 1 saturated carbocycles. The number of carbonyl (C=O) groups excluding carboxylic acids is 1. The first-order chi connectivity index (χ1) is 5.80. The molecule has 0 spiro atoms. The molecular weight excluding hydrogens is 189 g/mol. The van der Waals surface area contributed by atoms with Crippen molar-refractivity contribution < 1.29 is 22.1 Å². The molecule has 1 aliphatic carbocycles. The summed E-state index contributed by atoms with van der Waals surface area (Å²) in [5, 5.41) is 0. The Hall–Kier alpha value is -0.745. The third kappa shape index (κ3) is 24.6. The van der Waals surface area contributed by atoms with Gasteiger partial charge >= 0.3 is 7.25 Å². The summed E-state index contributed by atoms with van der Waals surface area (Å²) in [5.41, 5.74) is 4.86. The van der Waals surface area contributed by atoms with E-state index in [9.17, 15) is 22.1 Å². The van der Waals surface area contributed by atoms with Crippen LogP contribution in [0, 0.1) is 5.92 Å². The Bertz CT molecular complexity index is 140. The normalized spacial score (nSPS) is 14.6. The van der Waals surface area contributed by atoms with Crippen LogP contribution in [0.15, 0.2) is 0 Å². The summed E-state index contributed by atoms with van der Waals surface area (Å²) in [6, 6.07) is 0. The van der Waals surface area contributed by atoms with E-state index in [-0.39, 0.29) is 11.8 Å². The maximum atomic E-state index is 9.98. The highest BCUT2D eigenvalue weighted by Crippen LogP contribution is 2.27. The summed E-state index contributed by atoms with van der Waals surface area (Å²) in [7, 11) is -6.00. The Morgan fingerprint density at radius 3 is 1.46 bits per heavy atom. The van der Waals surface area contributed by atoms with Crippen LogP contribution in [0.2, 0.25) is 0 Å². The summed E-state index contributed by atoms with van der Waals surface area (Å²) >= 11 is 0. The van der Waals surface area contributed by atoms with E-state index in [0.29, 0.717) is 0 Å². The van der Waals surface area contributed by atoms with Gasteiger partial charge in [-0.15, -0.1) is 0 Å². The number of rotatable bonds is 1. The van der Waals surface area contributed by atoms with E-state index in [4.69, 9.17) is 5.73 Å². The van der Waals surface area contributed by atoms with Gasteiger partial charge in [-0.1, -0.05) is 13.8 Å². The standard InChI is InChI=1S/C4H7NO.C2H6.BF4/c5-4(6)3-1-2-3;1-2;2-1(3,4)5/h3H,1-2H2,(H2,5,6);1-2H3;/q;;-1. The van der Waals surface area contributed by atoms with Crippen LogP contribution in [0.1, 0.15) is 26.7 Å². The van der Waals surface area contributed by atoms with Crippen molar-refractivity contribution >= 4 is 13.2 Å². The lowest BCUT2D eigenvalue weighted by atomic mass is 10.3. The van der Waals surface area contributed by atoms with Crippen LogP contribution in [0.25, 0.3) is 0 Å². The van der Waals surface area contributed by atoms with Crippen molar-refractivity contribution in [1.82, 2.24) is 0 Å². The van der Waals surface area contributed by atoms with Gasteiger partial charge in [-0.3, -0.25) is 4.79 Å². The van der Waals surface area contributed by atoms with Crippen molar-refractivity contribution in [3.8, 4) is 0 Å². The smallest absolute Gasteiger partial charge is 0.418 e. The summed E-state index contributed by atoms with van der Waals surface area (Å²) < 4.78 is 39.0. The Labute approximate surface area is 74.6 Å². The van der Waals surface area contributed by atoms with E-state index >= 15 is 0 Å². The monoisotopic (exact) mass is 202 g/mol. The van der Waals surface area contributed by atoms with Gasteiger partial charge in [0, 0.05) is 5.92 Å². The molecule has 0 aromatic heterocycles. The highest BCUT2D eigenvalue weighted by molar-refractivity contribution is 6.50. The van der Waals surface area contributed by atoms with Gasteiger partial charge in [0.05, 0.1) is 0 Å². The second-order valence-corrected chi connectivity index (χ2v) is 2.17. The number of primary amides is 1. The minimum atomic E-state index is -6.00. The summed E-state index contributed by atoms with van der Waals surface area (Å²) in [4.78, 5) is 9.98. The third-order valence-corrected chi connectivity index (χ3v) is 0.980. The van der Waals surface area contributed by atoms with Crippen LogP contribution < -0.4 is 5.73 Å². The molecule has 7 heteroatoms. The number of hydrogen-bond acceptors (Lipinski definition) is 1. The molecule has 0 unspecified atom stereocenters. The molecule has 13 heavy (non-hydrogen) atoms. The zero-order valence-electron chi connectivity index (χ0n) is 7.57. The highest BCUT2D eigenvalue weighted by Gasteiger charge is 2.26. The number of carbonyl (C=O) groups is 1. The van der Waals surface area contributed by atoms with Gasteiger partial charge in [0.2, 0.25) is 5.91 Å². The lowest BCUT2D eigenvalue weighted by molar-refractivity contribution is -0.119. The molecule has 1 rings (SSSR count). The Morgan fingerprint density at radius 1 is 1.23 bits per heavy atom. The van der Waals surface area contributed by atoms with Crippen LogP contribution in [-0.2, 0) is 4.79 Å². The first-order valence-electron chi connectivity index (χ1n) is 3.97. The number of halogens is 4. The molecule has 1 amide bonds. The second-order valence-electron chi connectivity index (χ2n) is 2.17. The van der Waals surface area contributed by atoms with Crippen LogP contribution in [0.4, 0.5) is 17.3 Å². The molecule has 0 atom stereocenters. The molecule has 2 nitrogen and oxygen atoms in total. The fraction of sp³-hybridized carbons (Fsp3) is 0.833. The largest absolute Gasteiger partial charge is 0.673 e. The van der Waals surface area contributed by atoms with Crippen molar-refractivity contribution in [2.24, 2.45) is 11.7 Å². The van der Waals surface area contributed by atoms with Gasteiger partial charge in [0.25, 0.3) is 0 Å². The first kappa shape index (κ1) is 14.8. The van der Waals surface area contributed by atoms with E-state index in [0.717, 1.165) is 12.8 Å². The molecule has 0 aromatic carbocycles. The van der Waals surface area contributed by atoms with Crippen LogP contribution in [0.3, 0.4) is 0 Å². The SMILES string of the molecule is CC.F[B-](F)(F)F.NC(=O)C1CC1. The summed E-state index contributed by atoms with van der Waals surface area (Å²) in [6.07, 6.45) is 2.05. The average molecular weight is 202 g/mol. The predicted molar refractivity (Wildman–Crippen MR) is 43.5 cm³/mol. The molecule has 0 aliphatic heterocycles. The summed E-state index contributed by atoms with van der Waals surface area (Å²) in [5.74, 6) is 0.111. The Morgan fingerprint density at radius 2 is 1.46 bits per heavy atom. The number of nitrogens with two attached hydrogens (primary N) is 1. The first-order valence-corrected chi connectivity index (χ1v) is 3.97. The van der Waals surface area contributed by atoms with Crippen LogP contribution in [-0.4, -0.2) is 13.2 Å². The molecule has 0 radical (unpaired) electrons. The van der Waals surface area contributed by atoms with E-state index < -0.39 is 7.25 Å². The van der Waals surface area contributed by atoms with E-state index in [2.05, 4.69) is 0 Å². The third-order valence-electron chi connectivity index (χ3n) is 0.980. The van der Waals surface area contributed by atoms with Crippen molar-refractivity contribution in [3.05, 3.63) is 0 Å². The van der Waals surface area contributed by atoms with Gasteiger partial charge in [0.15, 0.2) is 0 Å². The molecule has 1 fully saturated rings. The molecule has 0 aromatic rings. The lowest BCUT2D eigenvalue weighted by Gasteiger charge is -1.94. The van der Waals surface area contributed by atoms with Crippen molar-refractivity contribution in [2.45, 2.75) is 26.7 Å².